The first-order valence-corrected chi connectivity index (χ1v) is 10.1. The molecule has 0 unspecified atom stereocenters. The van der Waals surface area contributed by atoms with Crippen molar-refractivity contribution in [1.29, 1.82) is 0 Å². The Morgan fingerprint density at radius 3 is 2.55 bits per heavy atom. The smallest absolute Gasteiger partial charge is 0.303 e. The molecule has 0 radical (unpaired) electrons. The summed E-state index contributed by atoms with van der Waals surface area (Å²) in [5, 5.41) is 12.1. The van der Waals surface area contributed by atoms with E-state index in [1.165, 1.54) is 4.90 Å². The quantitative estimate of drug-likeness (QED) is 0.802. The summed E-state index contributed by atoms with van der Waals surface area (Å²) in [6, 6.07) is 6.16. The first-order valence-electron chi connectivity index (χ1n) is 10.1. The zero-order valence-corrected chi connectivity index (χ0v) is 16.2. The van der Waals surface area contributed by atoms with Crippen molar-refractivity contribution in [2.24, 2.45) is 5.41 Å². The topological polar surface area (TPSA) is 107 Å². The molecule has 1 saturated heterocycles. The fraction of sp³-hybridized carbons (Fsp3) is 0.524. The van der Waals surface area contributed by atoms with Crippen LogP contribution in [0, 0.1) is 5.41 Å². The van der Waals surface area contributed by atoms with Gasteiger partial charge in [-0.25, -0.2) is 0 Å². The van der Waals surface area contributed by atoms with Crippen LogP contribution < -0.4 is 5.32 Å². The number of hydrogen-bond acceptors (Lipinski definition) is 4. The van der Waals surface area contributed by atoms with Gasteiger partial charge < -0.3 is 20.2 Å². The number of carboxylic acid groups (broad SMARTS) is 1. The number of piperazine rings is 1. The number of aliphatic carboxylic acids is 1. The van der Waals surface area contributed by atoms with Gasteiger partial charge in [0.1, 0.15) is 6.04 Å². The molecule has 3 aliphatic rings. The van der Waals surface area contributed by atoms with Gasteiger partial charge in [0.25, 0.3) is 5.91 Å². The van der Waals surface area contributed by atoms with Crippen molar-refractivity contribution < 1.29 is 24.3 Å². The molecule has 2 fully saturated rings. The molecule has 0 aromatic heterocycles. The predicted molar refractivity (Wildman–Crippen MR) is 104 cm³/mol. The molecule has 8 nitrogen and oxygen atoms in total. The van der Waals surface area contributed by atoms with Crippen LogP contribution >= 0.6 is 0 Å². The summed E-state index contributed by atoms with van der Waals surface area (Å²) in [6.45, 7) is 0.760. The molecule has 8 heteroatoms. The van der Waals surface area contributed by atoms with Gasteiger partial charge in [0, 0.05) is 19.5 Å². The molecule has 2 N–H and O–H groups in total. The van der Waals surface area contributed by atoms with Crippen LogP contribution in [0.25, 0.3) is 0 Å². The molecule has 2 aliphatic heterocycles. The molecule has 1 aliphatic carbocycles. The highest BCUT2D eigenvalue weighted by Crippen LogP contribution is 2.44. The third-order valence-electron chi connectivity index (χ3n) is 6.43. The number of benzene rings is 1. The molecule has 1 aromatic carbocycles. The zero-order chi connectivity index (χ0) is 20.6. The van der Waals surface area contributed by atoms with Crippen molar-refractivity contribution >= 4 is 29.4 Å². The molecule has 154 valence electrons. The number of anilines is 1. The van der Waals surface area contributed by atoms with E-state index in [2.05, 4.69) is 5.32 Å². The SMILES string of the molecule is O=C(O)CC1(CC(=O)N2CCN3C(=O)c4ccccc4NC(=O)[C@@H]3C2)CCCC1. The van der Waals surface area contributed by atoms with Crippen LogP contribution in [0.1, 0.15) is 48.9 Å². The van der Waals surface area contributed by atoms with Gasteiger partial charge >= 0.3 is 5.97 Å². The summed E-state index contributed by atoms with van der Waals surface area (Å²) < 4.78 is 0. The Balaban J connectivity index is 1.49. The lowest BCUT2D eigenvalue weighted by atomic mass is 9.79. The molecular weight excluding hydrogens is 374 g/mol. The molecule has 0 bridgehead atoms. The van der Waals surface area contributed by atoms with Gasteiger partial charge in [-0.15, -0.1) is 0 Å². The van der Waals surface area contributed by atoms with Gasteiger partial charge in [-0.3, -0.25) is 19.2 Å². The molecule has 1 saturated carbocycles. The largest absolute Gasteiger partial charge is 0.481 e. The Morgan fingerprint density at radius 2 is 1.83 bits per heavy atom. The van der Waals surface area contributed by atoms with E-state index in [4.69, 9.17) is 0 Å². The molecular formula is C21H25N3O5. The van der Waals surface area contributed by atoms with Gasteiger partial charge in [-0.2, -0.15) is 0 Å². The third-order valence-corrected chi connectivity index (χ3v) is 6.43. The summed E-state index contributed by atoms with van der Waals surface area (Å²) in [5.41, 5.74) is 0.452. The molecule has 3 amide bonds. The number of carbonyl (C=O) groups is 4. The second kappa shape index (κ2) is 7.50. The Bertz CT molecular complexity index is 862. The summed E-state index contributed by atoms with van der Waals surface area (Å²) in [6.07, 6.45) is 3.53. The fourth-order valence-corrected chi connectivity index (χ4v) is 4.92. The zero-order valence-electron chi connectivity index (χ0n) is 16.2. The lowest BCUT2D eigenvalue weighted by Crippen LogP contribution is -2.59. The Morgan fingerprint density at radius 1 is 1.10 bits per heavy atom. The standard InChI is InChI=1S/C21H25N3O5/c25-17(11-21(12-18(26)27)7-3-4-8-21)23-9-10-24-16(13-23)19(28)22-15-6-2-1-5-14(15)20(24)29/h1-2,5-6,16H,3-4,7-13H2,(H,22,28)(H,26,27)/t16-/m0/s1. The number of amides is 3. The van der Waals surface area contributed by atoms with Crippen LogP contribution in [0.3, 0.4) is 0 Å². The number of carboxylic acids is 1. The minimum absolute atomic E-state index is 0.00356. The van der Waals surface area contributed by atoms with Crippen LogP contribution in [0.2, 0.25) is 0 Å². The predicted octanol–water partition coefficient (Wildman–Crippen LogP) is 1.72. The Hall–Kier alpha value is -2.90. The van der Waals surface area contributed by atoms with Crippen LogP contribution in [0.4, 0.5) is 5.69 Å². The van der Waals surface area contributed by atoms with Gasteiger partial charge in [0.15, 0.2) is 0 Å². The lowest BCUT2D eigenvalue weighted by molar-refractivity contribution is -0.142. The second-order valence-electron chi connectivity index (χ2n) is 8.34. The maximum Gasteiger partial charge on any atom is 0.303 e. The van der Waals surface area contributed by atoms with Gasteiger partial charge in [0.05, 0.1) is 24.2 Å². The van der Waals surface area contributed by atoms with Crippen molar-refractivity contribution in [3.05, 3.63) is 29.8 Å². The van der Waals surface area contributed by atoms with Crippen LogP contribution in [-0.4, -0.2) is 64.3 Å². The van der Waals surface area contributed by atoms with E-state index < -0.39 is 17.4 Å². The molecule has 1 aromatic rings. The fourth-order valence-electron chi connectivity index (χ4n) is 4.92. The summed E-state index contributed by atoms with van der Waals surface area (Å²) in [5.74, 6) is -1.53. The van der Waals surface area contributed by atoms with E-state index in [-0.39, 0.29) is 43.7 Å². The second-order valence-corrected chi connectivity index (χ2v) is 8.34. The van der Waals surface area contributed by atoms with E-state index in [1.807, 2.05) is 0 Å². The minimum Gasteiger partial charge on any atom is -0.481 e. The summed E-state index contributed by atoms with van der Waals surface area (Å²) in [7, 11) is 0. The monoisotopic (exact) mass is 399 g/mol. The number of nitrogens with one attached hydrogen (secondary N) is 1. The third kappa shape index (κ3) is 3.71. The number of rotatable bonds is 4. The van der Waals surface area contributed by atoms with E-state index >= 15 is 0 Å². The molecule has 1 atom stereocenters. The minimum atomic E-state index is -0.879. The van der Waals surface area contributed by atoms with Crippen LogP contribution in [-0.2, 0) is 14.4 Å². The number of para-hydroxylation sites is 1. The summed E-state index contributed by atoms with van der Waals surface area (Å²) in [4.78, 5) is 53.1. The molecule has 4 rings (SSSR count). The molecule has 0 spiro atoms. The van der Waals surface area contributed by atoms with Crippen molar-refractivity contribution in [2.75, 3.05) is 25.0 Å². The molecule has 29 heavy (non-hydrogen) atoms. The number of carbonyl (C=O) groups excluding carboxylic acids is 3. The first kappa shape index (κ1) is 19.4. The van der Waals surface area contributed by atoms with Crippen molar-refractivity contribution in [1.82, 2.24) is 9.80 Å². The normalized spacial score (nSPS) is 23.1. The molecule has 2 heterocycles. The van der Waals surface area contributed by atoms with Crippen molar-refractivity contribution in [3.8, 4) is 0 Å². The Labute approximate surface area is 168 Å². The number of nitrogens with zero attached hydrogens (tertiary/aromatic N) is 2. The van der Waals surface area contributed by atoms with E-state index in [9.17, 15) is 24.3 Å². The van der Waals surface area contributed by atoms with Gasteiger partial charge in [0.2, 0.25) is 11.8 Å². The van der Waals surface area contributed by atoms with E-state index in [0.717, 1.165) is 25.7 Å². The number of hydrogen-bond donors (Lipinski definition) is 2. The van der Waals surface area contributed by atoms with Crippen molar-refractivity contribution in [2.45, 2.75) is 44.6 Å². The highest BCUT2D eigenvalue weighted by molar-refractivity contribution is 6.10. The Kier molecular flexibility index (Phi) is 5.02. The maximum absolute atomic E-state index is 13.0. The maximum atomic E-state index is 13.0. The van der Waals surface area contributed by atoms with E-state index in [0.29, 0.717) is 17.8 Å². The van der Waals surface area contributed by atoms with Gasteiger partial charge in [-0.1, -0.05) is 25.0 Å². The average molecular weight is 399 g/mol. The van der Waals surface area contributed by atoms with E-state index in [1.54, 1.807) is 29.2 Å². The number of fused-ring (bicyclic) bond motifs is 2. The van der Waals surface area contributed by atoms with Crippen LogP contribution in [0.5, 0.6) is 0 Å². The van der Waals surface area contributed by atoms with Crippen molar-refractivity contribution in [3.63, 3.8) is 0 Å². The highest BCUT2D eigenvalue weighted by Gasteiger charge is 2.43. The highest BCUT2D eigenvalue weighted by atomic mass is 16.4. The van der Waals surface area contributed by atoms with Crippen LogP contribution in [0.15, 0.2) is 24.3 Å². The first-order chi connectivity index (χ1) is 13.9. The van der Waals surface area contributed by atoms with Gasteiger partial charge in [-0.05, 0) is 30.4 Å². The summed E-state index contributed by atoms with van der Waals surface area (Å²) >= 11 is 0. The lowest BCUT2D eigenvalue weighted by Gasteiger charge is -2.40. The average Bonchev–Trinajstić information content (AvgIpc) is 3.10.